The molecule has 0 fully saturated rings. The van der Waals surface area contributed by atoms with Crippen molar-refractivity contribution in [3.8, 4) is 0 Å². The standard InChI is InChI=1S/C10H9BrFN3O2S/c11-7-1-2-10(9(12)3-7)18(16,17)15-5-8-4-13-6-14-8/h1-4,6,15H,5H2,(H,13,14). The summed E-state index contributed by atoms with van der Waals surface area (Å²) >= 11 is 3.07. The molecule has 1 aromatic heterocycles. The number of hydrogen-bond donors (Lipinski definition) is 2. The quantitative estimate of drug-likeness (QED) is 0.895. The van der Waals surface area contributed by atoms with Crippen LogP contribution < -0.4 is 4.72 Å². The Kier molecular flexibility index (Phi) is 3.79. The Morgan fingerprint density at radius 3 is 2.83 bits per heavy atom. The number of nitrogens with zero attached hydrogens (tertiary/aromatic N) is 1. The number of benzene rings is 1. The molecule has 18 heavy (non-hydrogen) atoms. The summed E-state index contributed by atoms with van der Waals surface area (Å²) in [5, 5.41) is 0. The molecule has 0 unspecified atom stereocenters. The van der Waals surface area contributed by atoms with Gasteiger partial charge >= 0.3 is 0 Å². The Labute approximate surface area is 112 Å². The number of aromatic nitrogens is 2. The van der Waals surface area contributed by atoms with Crippen LogP contribution in [0.2, 0.25) is 0 Å². The number of halogens is 2. The van der Waals surface area contributed by atoms with Gasteiger partial charge in [-0.3, -0.25) is 0 Å². The van der Waals surface area contributed by atoms with Crippen molar-refractivity contribution in [1.82, 2.24) is 14.7 Å². The average Bonchev–Trinajstić information content (AvgIpc) is 2.78. The lowest BCUT2D eigenvalue weighted by molar-refractivity contribution is 0.556. The van der Waals surface area contributed by atoms with E-state index >= 15 is 0 Å². The van der Waals surface area contributed by atoms with Gasteiger partial charge in [0, 0.05) is 16.4 Å². The first-order valence-electron chi connectivity index (χ1n) is 4.91. The molecule has 8 heteroatoms. The van der Waals surface area contributed by atoms with Crippen LogP contribution in [-0.2, 0) is 16.6 Å². The summed E-state index contributed by atoms with van der Waals surface area (Å²) in [5.41, 5.74) is 0.594. The van der Waals surface area contributed by atoms with E-state index in [1.165, 1.54) is 24.7 Å². The van der Waals surface area contributed by atoms with Crippen LogP contribution in [0.25, 0.3) is 0 Å². The molecule has 0 spiro atoms. The second kappa shape index (κ2) is 5.17. The fourth-order valence-corrected chi connectivity index (χ4v) is 2.72. The minimum atomic E-state index is -3.88. The highest BCUT2D eigenvalue weighted by atomic mass is 79.9. The van der Waals surface area contributed by atoms with Crippen molar-refractivity contribution in [3.63, 3.8) is 0 Å². The highest BCUT2D eigenvalue weighted by Crippen LogP contribution is 2.19. The van der Waals surface area contributed by atoms with Gasteiger partial charge in [0.25, 0.3) is 0 Å². The Balaban J connectivity index is 2.20. The Bertz CT molecular complexity index is 643. The van der Waals surface area contributed by atoms with Crippen LogP contribution in [-0.4, -0.2) is 18.4 Å². The van der Waals surface area contributed by atoms with E-state index in [1.54, 1.807) is 0 Å². The van der Waals surface area contributed by atoms with Crippen molar-refractivity contribution in [2.75, 3.05) is 0 Å². The molecule has 0 aliphatic rings. The summed E-state index contributed by atoms with van der Waals surface area (Å²) in [6.45, 7) is 0.0256. The van der Waals surface area contributed by atoms with Crippen LogP contribution >= 0.6 is 15.9 Å². The second-order valence-corrected chi connectivity index (χ2v) is 6.13. The molecular weight excluding hydrogens is 325 g/mol. The van der Waals surface area contributed by atoms with E-state index in [2.05, 4.69) is 30.6 Å². The third-order valence-electron chi connectivity index (χ3n) is 2.19. The van der Waals surface area contributed by atoms with Gasteiger partial charge in [0.1, 0.15) is 10.7 Å². The van der Waals surface area contributed by atoms with Gasteiger partial charge in [-0.1, -0.05) is 15.9 Å². The maximum Gasteiger partial charge on any atom is 0.243 e. The maximum atomic E-state index is 13.5. The van der Waals surface area contributed by atoms with Crippen molar-refractivity contribution >= 4 is 26.0 Å². The number of rotatable bonds is 4. The zero-order valence-corrected chi connectivity index (χ0v) is 11.4. The van der Waals surface area contributed by atoms with Crippen LogP contribution in [0.4, 0.5) is 4.39 Å². The minimum absolute atomic E-state index is 0.0256. The van der Waals surface area contributed by atoms with E-state index in [0.29, 0.717) is 10.2 Å². The predicted molar refractivity (Wildman–Crippen MR) is 66.7 cm³/mol. The number of imidazole rings is 1. The molecule has 0 aliphatic heterocycles. The van der Waals surface area contributed by atoms with Crippen LogP contribution in [0.3, 0.4) is 0 Å². The third-order valence-corrected chi connectivity index (χ3v) is 4.12. The fraction of sp³-hybridized carbons (Fsp3) is 0.100. The van der Waals surface area contributed by atoms with Gasteiger partial charge in [-0.05, 0) is 18.2 Å². The van der Waals surface area contributed by atoms with Gasteiger partial charge in [0.15, 0.2) is 0 Å². The van der Waals surface area contributed by atoms with Crippen LogP contribution in [0, 0.1) is 5.82 Å². The number of hydrogen-bond acceptors (Lipinski definition) is 3. The van der Waals surface area contributed by atoms with Gasteiger partial charge in [0.05, 0.1) is 12.9 Å². The number of H-pyrrole nitrogens is 1. The SMILES string of the molecule is O=S(=O)(NCc1cnc[nH]1)c1ccc(Br)cc1F. The lowest BCUT2D eigenvalue weighted by Gasteiger charge is -2.06. The largest absolute Gasteiger partial charge is 0.347 e. The molecule has 2 rings (SSSR count). The van der Waals surface area contributed by atoms with Gasteiger partial charge in [-0.2, -0.15) is 0 Å². The Hall–Kier alpha value is -1.25. The van der Waals surface area contributed by atoms with E-state index in [4.69, 9.17) is 0 Å². The van der Waals surface area contributed by atoms with Crippen molar-refractivity contribution in [2.24, 2.45) is 0 Å². The molecule has 0 amide bonds. The second-order valence-electron chi connectivity index (χ2n) is 3.48. The van der Waals surface area contributed by atoms with E-state index in [-0.39, 0.29) is 11.4 Å². The lowest BCUT2D eigenvalue weighted by atomic mass is 10.3. The normalized spacial score (nSPS) is 11.7. The Morgan fingerprint density at radius 2 is 2.22 bits per heavy atom. The molecule has 1 heterocycles. The van der Waals surface area contributed by atoms with E-state index in [9.17, 15) is 12.8 Å². The first-order valence-corrected chi connectivity index (χ1v) is 7.18. The summed E-state index contributed by atoms with van der Waals surface area (Å²) in [7, 11) is -3.88. The molecule has 0 aliphatic carbocycles. The molecule has 2 aromatic rings. The maximum absolute atomic E-state index is 13.5. The summed E-state index contributed by atoms with van der Waals surface area (Å²) in [5.74, 6) is -0.804. The molecule has 5 nitrogen and oxygen atoms in total. The van der Waals surface area contributed by atoms with Crippen molar-refractivity contribution in [2.45, 2.75) is 11.4 Å². The van der Waals surface area contributed by atoms with Crippen molar-refractivity contribution in [1.29, 1.82) is 0 Å². The molecule has 2 N–H and O–H groups in total. The molecule has 1 aromatic carbocycles. The number of aromatic amines is 1. The monoisotopic (exact) mass is 333 g/mol. The topological polar surface area (TPSA) is 74.8 Å². The zero-order valence-electron chi connectivity index (χ0n) is 9.02. The molecule has 0 bridgehead atoms. The molecule has 0 radical (unpaired) electrons. The van der Waals surface area contributed by atoms with E-state index in [1.807, 2.05) is 0 Å². The first kappa shape index (κ1) is 13.2. The number of sulfonamides is 1. The lowest BCUT2D eigenvalue weighted by Crippen LogP contribution is -2.24. The fourth-order valence-electron chi connectivity index (χ4n) is 1.33. The van der Waals surface area contributed by atoms with Gasteiger partial charge in [0.2, 0.25) is 10.0 Å². The molecule has 0 saturated heterocycles. The minimum Gasteiger partial charge on any atom is -0.347 e. The van der Waals surface area contributed by atoms with Gasteiger partial charge in [-0.15, -0.1) is 0 Å². The van der Waals surface area contributed by atoms with Crippen LogP contribution in [0.5, 0.6) is 0 Å². The molecular formula is C10H9BrFN3O2S. The summed E-state index contributed by atoms with van der Waals surface area (Å²) in [6.07, 6.45) is 2.92. The Morgan fingerprint density at radius 1 is 1.44 bits per heavy atom. The number of nitrogens with one attached hydrogen (secondary N) is 2. The van der Waals surface area contributed by atoms with Crippen molar-refractivity contribution in [3.05, 3.63) is 46.7 Å². The smallest absolute Gasteiger partial charge is 0.243 e. The van der Waals surface area contributed by atoms with Crippen molar-refractivity contribution < 1.29 is 12.8 Å². The molecule has 96 valence electrons. The van der Waals surface area contributed by atoms with Gasteiger partial charge < -0.3 is 4.98 Å². The summed E-state index contributed by atoms with van der Waals surface area (Å²) in [4.78, 5) is 6.12. The highest BCUT2D eigenvalue weighted by molar-refractivity contribution is 9.10. The van der Waals surface area contributed by atoms with Crippen LogP contribution in [0.15, 0.2) is 40.1 Å². The zero-order chi connectivity index (χ0) is 13.2. The summed E-state index contributed by atoms with van der Waals surface area (Å²) < 4.78 is 40.0. The van der Waals surface area contributed by atoms with Crippen LogP contribution in [0.1, 0.15) is 5.69 Å². The highest BCUT2D eigenvalue weighted by Gasteiger charge is 2.18. The third kappa shape index (κ3) is 2.95. The predicted octanol–water partition coefficient (Wildman–Crippen LogP) is 1.79. The van der Waals surface area contributed by atoms with E-state index in [0.717, 1.165) is 6.07 Å². The molecule has 0 atom stereocenters. The van der Waals surface area contributed by atoms with Gasteiger partial charge in [-0.25, -0.2) is 22.5 Å². The van der Waals surface area contributed by atoms with E-state index < -0.39 is 15.8 Å². The first-order chi connectivity index (χ1) is 8.49. The molecule has 0 saturated carbocycles. The summed E-state index contributed by atoms with van der Waals surface area (Å²) in [6, 6.07) is 3.77. The average molecular weight is 334 g/mol.